The van der Waals surface area contributed by atoms with Gasteiger partial charge in [0.1, 0.15) is 10.2 Å². The molecule has 1 saturated heterocycles. The lowest BCUT2D eigenvalue weighted by atomic mass is 10.2. The molecule has 0 aliphatic carbocycles. The summed E-state index contributed by atoms with van der Waals surface area (Å²) in [6.45, 7) is 6.93. The van der Waals surface area contributed by atoms with Crippen LogP contribution >= 0.6 is 15.9 Å². The maximum atomic E-state index is 12.2. The number of amides is 1. The first-order valence-electron chi connectivity index (χ1n) is 7.31. The lowest BCUT2D eigenvalue weighted by Crippen LogP contribution is -2.35. The summed E-state index contributed by atoms with van der Waals surface area (Å²) < 4.78 is 8.20. The van der Waals surface area contributed by atoms with Gasteiger partial charge in [-0.1, -0.05) is 0 Å². The van der Waals surface area contributed by atoms with Crippen molar-refractivity contribution in [1.29, 1.82) is 0 Å². The molecule has 0 saturated carbocycles. The number of halogens is 1. The SMILES string of the molecule is CC(C)(C)OC(=O)N1CC[C@@H](n2nc(Br)c3cnccc32)C1. The fourth-order valence-electron chi connectivity index (χ4n) is 2.66. The van der Waals surface area contributed by atoms with Gasteiger partial charge in [-0.2, -0.15) is 5.10 Å². The lowest BCUT2D eigenvalue weighted by molar-refractivity contribution is 0.0288. The summed E-state index contributed by atoms with van der Waals surface area (Å²) in [5.74, 6) is 0. The first-order chi connectivity index (χ1) is 10.3. The van der Waals surface area contributed by atoms with E-state index in [2.05, 4.69) is 26.0 Å². The molecule has 1 aliphatic rings. The molecule has 7 heteroatoms. The van der Waals surface area contributed by atoms with E-state index in [4.69, 9.17) is 4.74 Å². The molecular formula is C15H19BrN4O2. The van der Waals surface area contributed by atoms with E-state index < -0.39 is 5.60 Å². The molecule has 3 heterocycles. The van der Waals surface area contributed by atoms with Crippen molar-refractivity contribution in [1.82, 2.24) is 19.7 Å². The van der Waals surface area contributed by atoms with E-state index in [9.17, 15) is 4.79 Å². The molecule has 0 radical (unpaired) electrons. The molecule has 3 rings (SSSR count). The van der Waals surface area contributed by atoms with Gasteiger partial charge in [0.2, 0.25) is 0 Å². The van der Waals surface area contributed by atoms with Crippen LogP contribution in [0, 0.1) is 0 Å². The predicted molar refractivity (Wildman–Crippen MR) is 86.7 cm³/mol. The van der Waals surface area contributed by atoms with Gasteiger partial charge in [-0.25, -0.2) is 4.79 Å². The lowest BCUT2D eigenvalue weighted by Gasteiger charge is -2.24. The van der Waals surface area contributed by atoms with E-state index in [0.717, 1.165) is 21.9 Å². The molecule has 0 aromatic carbocycles. The van der Waals surface area contributed by atoms with Gasteiger partial charge in [0, 0.05) is 25.5 Å². The second kappa shape index (κ2) is 5.53. The Labute approximate surface area is 137 Å². The maximum Gasteiger partial charge on any atom is 0.410 e. The molecular weight excluding hydrogens is 348 g/mol. The molecule has 0 bridgehead atoms. The van der Waals surface area contributed by atoms with Crippen molar-refractivity contribution >= 4 is 32.9 Å². The molecule has 2 aromatic rings. The largest absolute Gasteiger partial charge is 0.444 e. The second-order valence-electron chi connectivity index (χ2n) is 6.50. The number of pyridine rings is 1. The number of hydrogen-bond donors (Lipinski definition) is 0. The van der Waals surface area contributed by atoms with Gasteiger partial charge in [-0.05, 0) is 49.2 Å². The predicted octanol–water partition coefficient (Wildman–Crippen LogP) is 3.38. The maximum absolute atomic E-state index is 12.2. The zero-order chi connectivity index (χ0) is 15.9. The van der Waals surface area contributed by atoms with Crippen LogP contribution in [0.4, 0.5) is 4.79 Å². The topological polar surface area (TPSA) is 60.2 Å². The molecule has 2 aromatic heterocycles. The van der Waals surface area contributed by atoms with Crippen LogP contribution < -0.4 is 0 Å². The van der Waals surface area contributed by atoms with Crippen molar-refractivity contribution in [3.8, 4) is 0 Å². The summed E-state index contributed by atoms with van der Waals surface area (Å²) >= 11 is 3.47. The minimum atomic E-state index is -0.470. The minimum absolute atomic E-state index is 0.156. The Hall–Kier alpha value is -1.63. The standard InChI is InChI=1S/C15H19BrN4O2/c1-15(2,3)22-14(21)19-7-5-10(9-19)20-12-4-6-17-8-11(12)13(16)18-20/h4,6,8,10H,5,7,9H2,1-3H3/t10-/m1/s1. The minimum Gasteiger partial charge on any atom is -0.444 e. The Morgan fingerprint density at radius 2 is 2.23 bits per heavy atom. The number of rotatable bonds is 1. The Bertz CT molecular complexity index is 707. The molecule has 1 atom stereocenters. The molecule has 0 spiro atoms. The normalized spacial score (nSPS) is 18.9. The van der Waals surface area contributed by atoms with Crippen LogP contribution in [-0.4, -0.2) is 44.4 Å². The highest BCUT2D eigenvalue weighted by Crippen LogP contribution is 2.29. The molecule has 0 unspecified atom stereocenters. The Morgan fingerprint density at radius 3 is 2.95 bits per heavy atom. The van der Waals surface area contributed by atoms with Gasteiger partial charge < -0.3 is 9.64 Å². The first-order valence-corrected chi connectivity index (χ1v) is 8.10. The quantitative estimate of drug-likeness (QED) is 0.775. The Kier molecular flexibility index (Phi) is 3.84. The van der Waals surface area contributed by atoms with Gasteiger partial charge in [-0.15, -0.1) is 0 Å². The van der Waals surface area contributed by atoms with Gasteiger partial charge in [0.05, 0.1) is 16.9 Å². The summed E-state index contributed by atoms with van der Waals surface area (Å²) in [6, 6.07) is 2.10. The third-order valence-corrected chi connectivity index (χ3v) is 4.21. The van der Waals surface area contributed by atoms with E-state index in [1.165, 1.54) is 0 Å². The van der Waals surface area contributed by atoms with Crippen molar-refractivity contribution < 1.29 is 9.53 Å². The van der Waals surface area contributed by atoms with Crippen LogP contribution in [-0.2, 0) is 4.74 Å². The zero-order valence-electron chi connectivity index (χ0n) is 12.9. The Morgan fingerprint density at radius 1 is 1.45 bits per heavy atom. The molecule has 118 valence electrons. The van der Waals surface area contributed by atoms with E-state index in [0.29, 0.717) is 13.1 Å². The third kappa shape index (κ3) is 2.95. The molecule has 22 heavy (non-hydrogen) atoms. The summed E-state index contributed by atoms with van der Waals surface area (Å²) in [5.41, 5.74) is 0.556. The molecule has 1 amide bonds. The van der Waals surface area contributed by atoms with Crippen LogP contribution in [0.3, 0.4) is 0 Å². The highest BCUT2D eigenvalue weighted by molar-refractivity contribution is 9.10. The van der Waals surface area contributed by atoms with E-state index in [1.807, 2.05) is 31.5 Å². The number of ether oxygens (including phenoxy) is 1. The summed E-state index contributed by atoms with van der Waals surface area (Å²) in [4.78, 5) is 18.0. The van der Waals surface area contributed by atoms with E-state index >= 15 is 0 Å². The monoisotopic (exact) mass is 366 g/mol. The van der Waals surface area contributed by atoms with Gasteiger partial charge >= 0.3 is 6.09 Å². The number of carbonyl (C=O) groups excluding carboxylic acids is 1. The van der Waals surface area contributed by atoms with Gasteiger partial charge in [-0.3, -0.25) is 9.67 Å². The summed E-state index contributed by atoms with van der Waals surface area (Å²) in [6.07, 6.45) is 4.16. The first kappa shape index (κ1) is 15.3. The second-order valence-corrected chi connectivity index (χ2v) is 7.25. The van der Waals surface area contributed by atoms with Crippen LogP contribution in [0.25, 0.3) is 10.9 Å². The van der Waals surface area contributed by atoms with Crippen molar-refractivity contribution in [2.75, 3.05) is 13.1 Å². The number of nitrogens with zero attached hydrogens (tertiary/aromatic N) is 4. The number of aromatic nitrogens is 3. The van der Waals surface area contributed by atoms with Crippen molar-refractivity contribution in [3.63, 3.8) is 0 Å². The van der Waals surface area contributed by atoms with Gasteiger partial charge in [0.15, 0.2) is 0 Å². The Balaban J connectivity index is 1.79. The summed E-state index contributed by atoms with van der Waals surface area (Å²) in [5, 5.41) is 5.54. The number of fused-ring (bicyclic) bond motifs is 1. The van der Waals surface area contributed by atoms with Crippen LogP contribution in [0.1, 0.15) is 33.2 Å². The van der Waals surface area contributed by atoms with Gasteiger partial charge in [0.25, 0.3) is 0 Å². The summed E-state index contributed by atoms with van der Waals surface area (Å²) in [7, 11) is 0. The van der Waals surface area contributed by atoms with Crippen molar-refractivity contribution in [3.05, 3.63) is 23.1 Å². The fraction of sp³-hybridized carbons (Fsp3) is 0.533. The molecule has 1 fully saturated rings. The highest BCUT2D eigenvalue weighted by Gasteiger charge is 2.32. The average molecular weight is 367 g/mol. The van der Waals surface area contributed by atoms with Crippen molar-refractivity contribution in [2.24, 2.45) is 0 Å². The fourth-order valence-corrected chi connectivity index (χ4v) is 3.14. The number of hydrogen-bond acceptors (Lipinski definition) is 4. The number of likely N-dealkylation sites (tertiary alicyclic amines) is 1. The van der Waals surface area contributed by atoms with Crippen LogP contribution in [0.15, 0.2) is 23.1 Å². The molecule has 1 aliphatic heterocycles. The van der Waals surface area contributed by atoms with Crippen molar-refractivity contribution in [2.45, 2.75) is 38.8 Å². The smallest absolute Gasteiger partial charge is 0.410 e. The molecule has 6 nitrogen and oxygen atoms in total. The van der Waals surface area contributed by atoms with Crippen LogP contribution in [0.5, 0.6) is 0 Å². The highest BCUT2D eigenvalue weighted by atomic mass is 79.9. The van der Waals surface area contributed by atoms with E-state index in [1.54, 1.807) is 17.3 Å². The van der Waals surface area contributed by atoms with E-state index in [-0.39, 0.29) is 12.1 Å². The molecule has 0 N–H and O–H groups in total. The van der Waals surface area contributed by atoms with Crippen LogP contribution in [0.2, 0.25) is 0 Å². The third-order valence-electron chi connectivity index (χ3n) is 3.62. The average Bonchev–Trinajstić information content (AvgIpc) is 3.03. The number of carbonyl (C=O) groups is 1. The zero-order valence-corrected chi connectivity index (χ0v) is 14.5.